The van der Waals surface area contributed by atoms with Crippen LogP contribution in [0.5, 0.6) is 0 Å². The molecule has 0 aliphatic carbocycles. The molecule has 2 unspecified atom stereocenters. The van der Waals surface area contributed by atoms with E-state index >= 15 is 0 Å². The first-order valence-corrected chi connectivity index (χ1v) is 8.98. The van der Waals surface area contributed by atoms with Gasteiger partial charge in [0.15, 0.2) is 0 Å². The van der Waals surface area contributed by atoms with Gasteiger partial charge in [-0.3, -0.25) is 4.79 Å². The highest BCUT2D eigenvalue weighted by atomic mass is 16.2. The zero-order valence-electron chi connectivity index (χ0n) is 14.8. The zero-order valence-corrected chi connectivity index (χ0v) is 14.8. The lowest BCUT2D eigenvalue weighted by atomic mass is 10.0. The number of hydrazine groups is 1. The van der Waals surface area contributed by atoms with Gasteiger partial charge in [0.1, 0.15) is 11.9 Å². The molecule has 1 aliphatic rings. The number of nitrogens with one attached hydrogen (secondary N) is 3. The molecule has 3 N–H and O–H groups in total. The van der Waals surface area contributed by atoms with Crippen LogP contribution < -0.4 is 16.2 Å². The molecule has 1 amide bonds. The van der Waals surface area contributed by atoms with Crippen molar-refractivity contribution in [2.45, 2.75) is 32.0 Å². The third-order valence-electron chi connectivity index (χ3n) is 4.90. The Hall–Kier alpha value is -2.70. The molecule has 3 aromatic rings. The van der Waals surface area contributed by atoms with Gasteiger partial charge in [0.25, 0.3) is 0 Å². The van der Waals surface area contributed by atoms with E-state index in [0.717, 1.165) is 23.3 Å². The van der Waals surface area contributed by atoms with Crippen LogP contribution in [0.15, 0.2) is 54.6 Å². The molecule has 1 fully saturated rings. The normalized spacial score (nSPS) is 19.7. The number of para-hydroxylation sites is 2. The molecule has 0 saturated carbocycles. The molecule has 0 bridgehead atoms. The first-order valence-electron chi connectivity index (χ1n) is 8.98. The minimum Gasteiger partial charge on any atom is -0.353 e. The van der Waals surface area contributed by atoms with E-state index in [4.69, 9.17) is 0 Å². The average Bonchev–Trinajstić information content (AvgIpc) is 3.28. The van der Waals surface area contributed by atoms with Gasteiger partial charge in [-0.1, -0.05) is 42.5 Å². The number of nitrogens with zero attached hydrogens (tertiary/aromatic N) is 2. The number of benzene rings is 2. The number of carbonyl (C=O) groups excluding carboxylic acids is 1. The lowest BCUT2D eigenvalue weighted by molar-refractivity contribution is -0.122. The van der Waals surface area contributed by atoms with E-state index in [1.165, 1.54) is 5.56 Å². The number of hydrogen-bond acceptors (Lipinski definition) is 4. The van der Waals surface area contributed by atoms with Gasteiger partial charge in [0.05, 0.1) is 11.0 Å². The topological polar surface area (TPSA) is 71.0 Å². The lowest BCUT2D eigenvalue weighted by Crippen LogP contribution is -2.44. The highest BCUT2D eigenvalue weighted by Gasteiger charge is 2.29. The molecule has 1 saturated heterocycles. The van der Waals surface area contributed by atoms with Crippen LogP contribution in [0.2, 0.25) is 0 Å². The van der Waals surface area contributed by atoms with Crippen LogP contribution >= 0.6 is 0 Å². The maximum atomic E-state index is 12.5. The number of aromatic nitrogens is 2. The molecule has 26 heavy (non-hydrogen) atoms. The molecule has 2 atom stereocenters. The molecule has 2 heterocycles. The third-order valence-corrected chi connectivity index (χ3v) is 4.90. The van der Waals surface area contributed by atoms with Gasteiger partial charge in [-0.25, -0.2) is 15.8 Å². The van der Waals surface area contributed by atoms with Gasteiger partial charge in [0.2, 0.25) is 5.91 Å². The maximum absolute atomic E-state index is 12.5. The summed E-state index contributed by atoms with van der Waals surface area (Å²) in [5, 5.41) is 3.04. The summed E-state index contributed by atoms with van der Waals surface area (Å²) in [6, 6.07) is 18.2. The van der Waals surface area contributed by atoms with Crippen molar-refractivity contribution in [2.24, 2.45) is 0 Å². The number of rotatable bonds is 5. The Morgan fingerprint density at radius 3 is 2.77 bits per heavy atom. The predicted octanol–water partition coefficient (Wildman–Crippen LogP) is 2.07. The molecule has 6 nitrogen and oxygen atoms in total. The van der Waals surface area contributed by atoms with Crippen molar-refractivity contribution in [1.82, 2.24) is 25.7 Å². The van der Waals surface area contributed by atoms with Gasteiger partial charge in [0, 0.05) is 19.1 Å². The summed E-state index contributed by atoms with van der Waals surface area (Å²) in [5.74, 6) is 0.989. The van der Waals surface area contributed by atoms with Gasteiger partial charge in [-0.05, 0) is 31.0 Å². The zero-order chi connectivity index (χ0) is 17.9. The van der Waals surface area contributed by atoms with E-state index in [1.54, 1.807) is 0 Å². The molecule has 134 valence electrons. The van der Waals surface area contributed by atoms with E-state index in [9.17, 15) is 4.79 Å². The van der Waals surface area contributed by atoms with Crippen molar-refractivity contribution >= 4 is 16.9 Å². The Bertz CT molecular complexity index is 905. The summed E-state index contributed by atoms with van der Waals surface area (Å²) in [6.07, 6.45) is 0.739. The summed E-state index contributed by atoms with van der Waals surface area (Å²) < 4.78 is 2.14. The van der Waals surface area contributed by atoms with Crippen molar-refractivity contribution in [1.29, 1.82) is 0 Å². The van der Waals surface area contributed by atoms with Crippen molar-refractivity contribution in [3.8, 4) is 0 Å². The highest BCUT2D eigenvalue weighted by Crippen LogP contribution is 2.21. The monoisotopic (exact) mass is 349 g/mol. The molecule has 4 rings (SSSR count). The van der Waals surface area contributed by atoms with Crippen LogP contribution in [0.4, 0.5) is 0 Å². The Morgan fingerprint density at radius 2 is 1.92 bits per heavy atom. The smallest absolute Gasteiger partial charge is 0.238 e. The minimum atomic E-state index is -0.221. The van der Waals surface area contributed by atoms with Crippen molar-refractivity contribution in [3.05, 3.63) is 66.0 Å². The minimum absolute atomic E-state index is 0.0259. The number of fused-ring (bicyclic) bond motifs is 1. The molecule has 0 radical (unpaired) electrons. The SMILES string of the molecule is Cc1nc2ccccc2n1CCNC(=O)C1CC(c2ccccc2)NN1. The molecule has 2 aromatic carbocycles. The van der Waals surface area contributed by atoms with Crippen molar-refractivity contribution < 1.29 is 4.79 Å². The van der Waals surface area contributed by atoms with Gasteiger partial charge in [-0.2, -0.15) is 0 Å². The van der Waals surface area contributed by atoms with Crippen LogP contribution in [0, 0.1) is 6.92 Å². The Labute approximate surface area is 152 Å². The Kier molecular flexibility index (Phi) is 4.69. The number of aryl methyl sites for hydroxylation is 1. The van der Waals surface area contributed by atoms with E-state index in [0.29, 0.717) is 13.1 Å². The van der Waals surface area contributed by atoms with Gasteiger partial charge in [-0.15, -0.1) is 0 Å². The number of hydrogen-bond donors (Lipinski definition) is 3. The van der Waals surface area contributed by atoms with E-state index in [1.807, 2.05) is 43.3 Å². The van der Waals surface area contributed by atoms with Crippen LogP contribution in [0.25, 0.3) is 11.0 Å². The summed E-state index contributed by atoms with van der Waals surface area (Å²) in [7, 11) is 0. The first kappa shape index (κ1) is 16.8. The van der Waals surface area contributed by atoms with E-state index in [-0.39, 0.29) is 18.0 Å². The van der Waals surface area contributed by atoms with Crippen LogP contribution in [0.3, 0.4) is 0 Å². The van der Waals surface area contributed by atoms with Crippen molar-refractivity contribution in [2.75, 3.05) is 6.54 Å². The molecule has 1 aromatic heterocycles. The molecular weight excluding hydrogens is 326 g/mol. The Morgan fingerprint density at radius 1 is 1.15 bits per heavy atom. The second-order valence-electron chi connectivity index (χ2n) is 6.63. The first-order chi connectivity index (χ1) is 12.7. The molecule has 0 spiro atoms. The van der Waals surface area contributed by atoms with E-state index < -0.39 is 0 Å². The van der Waals surface area contributed by atoms with Crippen LogP contribution in [-0.4, -0.2) is 28.0 Å². The second kappa shape index (κ2) is 7.27. The predicted molar refractivity (Wildman–Crippen MR) is 101 cm³/mol. The standard InChI is InChI=1S/C20H23N5O/c1-14-22-16-9-5-6-10-19(16)25(14)12-11-21-20(26)18-13-17(23-24-18)15-7-3-2-4-8-15/h2-10,17-18,23-24H,11-13H2,1H3,(H,21,26). The quantitative estimate of drug-likeness (QED) is 0.659. The summed E-state index contributed by atoms with van der Waals surface area (Å²) in [5.41, 5.74) is 9.60. The van der Waals surface area contributed by atoms with Crippen LogP contribution in [-0.2, 0) is 11.3 Å². The third kappa shape index (κ3) is 3.34. The number of imidazole rings is 1. The summed E-state index contributed by atoms with van der Waals surface area (Å²) in [6.45, 7) is 3.28. The van der Waals surface area contributed by atoms with Gasteiger partial charge < -0.3 is 9.88 Å². The Balaban J connectivity index is 1.32. The fraction of sp³-hybridized carbons (Fsp3) is 0.300. The summed E-state index contributed by atoms with van der Waals surface area (Å²) >= 11 is 0. The van der Waals surface area contributed by atoms with Gasteiger partial charge >= 0.3 is 0 Å². The fourth-order valence-corrected chi connectivity index (χ4v) is 3.52. The fourth-order valence-electron chi connectivity index (χ4n) is 3.52. The maximum Gasteiger partial charge on any atom is 0.238 e. The summed E-state index contributed by atoms with van der Waals surface area (Å²) in [4.78, 5) is 17.0. The lowest BCUT2D eigenvalue weighted by Gasteiger charge is -2.12. The molecule has 6 heteroatoms. The number of amides is 1. The average molecular weight is 349 g/mol. The largest absolute Gasteiger partial charge is 0.353 e. The van der Waals surface area contributed by atoms with E-state index in [2.05, 4.69) is 43.9 Å². The highest BCUT2D eigenvalue weighted by molar-refractivity contribution is 5.82. The van der Waals surface area contributed by atoms with Crippen LogP contribution in [0.1, 0.15) is 23.9 Å². The second-order valence-corrected chi connectivity index (χ2v) is 6.63. The number of carbonyl (C=O) groups is 1. The molecular formula is C20H23N5O. The molecule has 1 aliphatic heterocycles. The van der Waals surface area contributed by atoms with Crippen molar-refractivity contribution in [3.63, 3.8) is 0 Å².